The lowest BCUT2D eigenvalue weighted by Crippen LogP contribution is -2.32. The van der Waals surface area contributed by atoms with Crippen molar-refractivity contribution in [1.82, 2.24) is 5.32 Å². The van der Waals surface area contributed by atoms with Gasteiger partial charge in [0.2, 0.25) is 0 Å². The number of carbonyl (C=O) groups excluding carboxylic acids is 1. The van der Waals surface area contributed by atoms with Crippen LogP contribution in [0.2, 0.25) is 0 Å². The second-order valence-corrected chi connectivity index (χ2v) is 7.08. The van der Waals surface area contributed by atoms with Gasteiger partial charge in [0.25, 0.3) is 0 Å². The van der Waals surface area contributed by atoms with Gasteiger partial charge in [-0.05, 0) is 47.4 Å². The van der Waals surface area contributed by atoms with E-state index in [1.165, 1.54) is 17.7 Å². The number of anilines is 1. The van der Waals surface area contributed by atoms with Gasteiger partial charge < -0.3 is 15.4 Å². The van der Waals surface area contributed by atoms with Crippen LogP contribution in [-0.2, 0) is 11.6 Å². The van der Waals surface area contributed by atoms with E-state index in [0.29, 0.717) is 5.75 Å². The van der Waals surface area contributed by atoms with Crippen LogP contribution in [0.5, 0.6) is 5.75 Å². The summed E-state index contributed by atoms with van der Waals surface area (Å²) in [5.41, 5.74) is 0.777. The Kier molecular flexibility index (Phi) is 6.36. The van der Waals surface area contributed by atoms with Crippen LogP contribution in [0.25, 0.3) is 0 Å². The molecule has 2 rings (SSSR count). The molecule has 0 radical (unpaired) electrons. The molecule has 0 aliphatic heterocycles. The van der Waals surface area contributed by atoms with Crippen molar-refractivity contribution in [2.75, 3.05) is 18.5 Å². The Hall–Kier alpha value is -2.70. The van der Waals surface area contributed by atoms with Crippen LogP contribution in [0.1, 0.15) is 31.9 Å². The lowest BCUT2D eigenvalue weighted by atomic mass is 9.87. The molecule has 0 bridgehead atoms. The van der Waals surface area contributed by atoms with Gasteiger partial charge in [-0.3, -0.25) is 0 Å². The van der Waals surface area contributed by atoms with E-state index in [1.807, 2.05) is 24.3 Å². The predicted octanol–water partition coefficient (Wildman–Crippen LogP) is 5.20. The lowest BCUT2D eigenvalue weighted by Gasteiger charge is -2.19. The summed E-state index contributed by atoms with van der Waals surface area (Å²) in [6, 6.07) is 11.5. The topological polar surface area (TPSA) is 50.4 Å². The standard InChI is InChI=1S/C20H23F3N2O2/c1-19(2,3)14-6-10-17(11-7-14)27-13-12-24-18(26)25-16-8-4-15(5-9-16)20(21,22)23/h4-11H,12-13H2,1-3H3,(H2,24,25,26). The van der Waals surface area contributed by atoms with E-state index in [2.05, 4.69) is 31.4 Å². The number of hydrogen-bond donors (Lipinski definition) is 2. The second kappa shape index (κ2) is 8.33. The molecule has 4 nitrogen and oxygen atoms in total. The molecule has 2 aromatic carbocycles. The summed E-state index contributed by atoms with van der Waals surface area (Å²) in [6.45, 7) is 6.91. The summed E-state index contributed by atoms with van der Waals surface area (Å²) in [5, 5.41) is 5.05. The zero-order valence-corrected chi connectivity index (χ0v) is 15.5. The van der Waals surface area contributed by atoms with Crippen molar-refractivity contribution in [1.29, 1.82) is 0 Å². The Bertz CT molecular complexity index is 749. The fourth-order valence-corrected chi connectivity index (χ4v) is 2.30. The maximum atomic E-state index is 12.5. The first-order valence-corrected chi connectivity index (χ1v) is 8.51. The van der Waals surface area contributed by atoms with Gasteiger partial charge in [-0.25, -0.2) is 4.79 Å². The lowest BCUT2D eigenvalue weighted by molar-refractivity contribution is -0.137. The summed E-state index contributed by atoms with van der Waals surface area (Å²) < 4.78 is 43.0. The summed E-state index contributed by atoms with van der Waals surface area (Å²) >= 11 is 0. The minimum Gasteiger partial charge on any atom is -0.492 e. The molecule has 0 unspecified atom stereocenters. The van der Waals surface area contributed by atoms with Gasteiger partial charge in [0.15, 0.2) is 0 Å². The first kappa shape index (κ1) is 20.6. The molecule has 0 aromatic heterocycles. The molecule has 2 amide bonds. The number of carbonyl (C=O) groups is 1. The highest BCUT2D eigenvalue weighted by Crippen LogP contribution is 2.29. The van der Waals surface area contributed by atoms with E-state index < -0.39 is 17.8 Å². The summed E-state index contributed by atoms with van der Waals surface area (Å²) in [4.78, 5) is 11.8. The monoisotopic (exact) mass is 380 g/mol. The largest absolute Gasteiger partial charge is 0.492 e. The molecule has 0 heterocycles. The molecule has 0 saturated heterocycles. The zero-order valence-electron chi connectivity index (χ0n) is 15.5. The molecule has 27 heavy (non-hydrogen) atoms. The van der Waals surface area contributed by atoms with Crippen LogP contribution in [-0.4, -0.2) is 19.2 Å². The number of alkyl halides is 3. The quantitative estimate of drug-likeness (QED) is 0.700. The number of hydrogen-bond acceptors (Lipinski definition) is 2. The zero-order chi connectivity index (χ0) is 20.1. The molecular weight excluding hydrogens is 357 g/mol. The molecule has 0 spiro atoms. The molecule has 0 saturated carbocycles. The maximum absolute atomic E-state index is 12.5. The second-order valence-electron chi connectivity index (χ2n) is 7.08. The van der Waals surface area contributed by atoms with Crippen LogP contribution >= 0.6 is 0 Å². The molecule has 7 heteroatoms. The predicted molar refractivity (Wildman–Crippen MR) is 99.1 cm³/mol. The van der Waals surface area contributed by atoms with E-state index in [0.717, 1.165) is 12.1 Å². The van der Waals surface area contributed by atoms with Crippen LogP contribution in [0, 0.1) is 0 Å². The van der Waals surface area contributed by atoms with Gasteiger partial charge >= 0.3 is 12.2 Å². The number of benzene rings is 2. The van der Waals surface area contributed by atoms with Gasteiger partial charge in [-0.1, -0.05) is 32.9 Å². The van der Waals surface area contributed by atoms with E-state index in [-0.39, 0.29) is 24.3 Å². The van der Waals surface area contributed by atoms with E-state index in [9.17, 15) is 18.0 Å². The maximum Gasteiger partial charge on any atom is 0.416 e. The number of halogens is 3. The van der Waals surface area contributed by atoms with Gasteiger partial charge in [-0.15, -0.1) is 0 Å². The molecule has 2 aromatic rings. The summed E-state index contributed by atoms with van der Waals surface area (Å²) in [7, 11) is 0. The fraction of sp³-hybridized carbons (Fsp3) is 0.350. The van der Waals surface area contributed by atoms with Crippen molar-refractivity contribution in [3.05, 3.63) is 59.7 Å². The Morgan fingerprint density at radius 3 is 2.00 bits per heavy atom. The van der Waals surface area contributed by atoms with Crippen LogP contribution in [0.4, 0.5) is 23.7 Å². The van der Waals surface area contributed by atoms with Gasteiger partial charge in [0.05, 0.1) is 12.1 Å². The third kappa shape index (κ3) is 6.51. The van der Waals surface area contributed by atoms with Crippen LogP contribution in [0.3, 0.4) is 0 Å². The normalized spacial score (nSPS) is 11.8. The highest BCUT2D eigenvalue weighted by atomic mass is 19.4. The van der Waals surface area contributed by atoms with E-state index in [1.54, 1.807) is 0 Å². The van der Waals surface area contributed by atoms with E-state index >= 15 is 0 Å². The highest BCUT2D eigenvalue weighted by molar-refractivity contribution is 5.89. The molecule has 0 atom stereocenters. The SMILES string of the molecule is CC(C)(C)c1ccc(OCCNC(=O)Nc2ccc(C(F)(F)F)cc2)cc1. The molecule has 0 aliphatic rings. The fourth-order valence-electron chi connectivity index (χ4n) is 2.30. The molecule has 0 fully saturated rings. The number of ether oxygens (including phenoxy) is 1. The summed E-state index contributed by atoms with van der Waals surface area (Å²) in [5.74, 6) is 0.702. The smallest absolute Gasteiger partial charge is 0.416 e. The minimum absolute atomic E-state index is 0.0659. The number of amides is 2. The van der Waals surface area contributed by atoms with E-state index in [4.69, 9.17) is 4.74 Å². The van der Waals surface area contributed by atoms with Gasteiger partial charge in [0, 0.05) is 5.69 Å². The Morgan fingerprint density at radius 1 is 0.926 bits per heavy atom. The van der Waals surface area contributed by atoms with Gasteiger partial charge in [0.1, 0.15) is 12.4 Å². The van der Waals surface area contributed by atoms with Gasteiger partial charge in [-0.2, -0.15) is 13.2 Å². The van der Waals surface area contributed by atoms with Crippen LogP contribution in [0.15, 0.2) is 48.5 Å². The first-order chi connectivity index (χ1) is 12.6. The third-order valence-corrected chi connectivity index (χ3v) is 3.85. The average molecular weight is 380 g/mol. The van der Waals surface area contributed by atoms with Crippen molar-refractivity contribution in [2.45, 2.75) is 32.4 Å². The number of urea groups is 1. The van der Waals surface area contributed by atoms with Crippen molar-refractivity contribution < 1.29 is 22.7 Å². The molecule has 146 valence electrons. The first-order valence-electron chi connectivity index (χ1n) is 8.51. The van der Waals surface area contributed by atoms with Crippen molar-refractivity contribution in [2.24, 2.45) is 0 Å². The van der Waals surface area contributed by atoms with Crippen molar-refractivity contribution in [3.8, 4) is 5.75 Å². The Labute approximate surface area is 156 Å². The molecular formula is C20H23F3N2O2. The number of nitrogens with one attached hydrogen (secondary N) is 2. The van der Waals surface area contributed by atoms with Crippen molar-refractivity contribution >= 4 is 11.7 Å². The third-order valence-electron chi connectivity index (χ3n) is 3.85. The Morgan fingerprint density at radius 2 is 1.48 bits per heavy atom. The average Bonchev–Trinajstić information content (AvgIpc) is 2.58. The van der Waals surface area contributed by atoms with Crippen molar-refractivity contribution in [3.63, 3.8) is 0 Å². The van der Waals surface area contributed by atoms with Crippen LogP contribution < -0.4 is 15.4 Å². The molecule has 0 aliphatic carbocycles. The molecule has 2 N–H and O–H groups in total. The minimum atomic E-state index is -4.40. The number of rotatable bonds is 5. The highest BCUT2D eigenvalue weighted by Gasteiger charge is 2.29. The summed E-state index contributed by atoms with van der Waals surface area (Å²) in [6.07, 6.45) is -4.40. The Balaban J connectivity index is 1.73.